The molecule has 0 radical (unpaired) electrons. The maximum Gasteiger partial charge on any atom is 0.0785 e. The van der Waals surface area contributed by atoms with Crippen LogP contribution in [0.1, 0.15) is 103 Å². The molecule has 4 nitrogen and oxygen atoms in total. The lowest BCUT2D eigenvalue weighted by molar-refractivity contribution is 0.300. The van der Waals surface area contributed by atoms with Gasteiger partial charge < -0.3 is 20.3 Å². The molecule has 0 atom stereocenters. The molecular formula is C25H68FN2O2-. The Bertz CT molecular complexity index is 108. The number of rotatable bonds is 1. The molecule has 0 aromatic heterocycles. The number of alkyl halides is 1. The summed E-state index contributed by atoms with van der Waals surface area (Å²) in [7, 11) is 10.6. The van der Waals surface area contributed by atoms with Crippen molar-refractivity contribution in [2.24, 2.45) is 17.8 Å². The van der Waals surface area contributed by atoms with Crippen LogP contribution in [-0.2, 0) is 4.84 Å². The van der Waals surface area contributed by atoms with Gasteiger partial charge in [-0.3, -0.25) is 4.39 Å². The molecule has 0 bridgehead atoms. The van der Waals surface area contributed by atoms with Gasteiger partial charge in [-0.2, -0.15) is 0 Å². The minimum atomic E-state index is 0.500. The van der Waals surface area contributed by atoms with Crippen LogP contribution in [0.2, 0.25) is 0 Å². The van der Waals surface area contributed by atoms with Crippen LogP contribution >= 0.6 is 0 Å². The number of nitrogens with zero attached hydrogens (tertiary/aromatic N) is 2. The van der Waals surface area contributed by atoms with Gasteiger partial charge >= 0.3 is 0 Å². The summed E-state index contributed by atoms with van der Waals surface area (Å²) in [6, 6.07) is 0. The first kappa shape index (κ1) is 57.1. The third kappa shape index (κ3) is 33600. The van der Waals surface area contributed by atoms with Gasteiger partial charge in [-0.15, -0.1) is 7.05 Å². The zero-order valence-electron chi connectivity index (χ0n) is 25.3. The van der Waals surface area contributed by atoms with Crippen LogP contribution in [0.5, 0.6) is 0 Å². The van der Waals surface area contributed by atoms with Crippen LogP contribution in [-0.4, -0.2) is 59.6 Å². The Balaban J connectivity index is -0.0000000239. The third-order valence-electron chi connectivity index (χ3n) is 0.183. The second-order valence-electron chi connectivity index (χ2n) is 8.32. The lowest BCUT2D eigenvalue weighted by Crippen LogP contribution is -1.99. The van der Waals surface area contributed by atoms with E-state index in [1.807, 2.05) is 26.0 Å². The van der Waals surface area contributed by atoms with Gasteiger partial charge in [0.25, 0.3) is 0 Å². The Morgan fingerprint density at radius 1 is 0.667 bits per heavy atom. The van der Waals surface area contributed by atoms with E-state index < -0.39 is 0 Å². The first-order chi connectivity index (χ1) is 13.7. The zero-order valence-corrected chi connectivity index (χ0v) is 25.3. The first-order valence-corrected chi connectivity index (χ1v) is 11.2. The van der Waals surface area contributed by atoms with E-state index >= 15 is 0 Å². The molecule has 0 aliphatic carbocycles. The fourth-order valence-electron chi connectivity index (χ4n) is 0. The van der Waals surface area contributed by atoms with E-state index in [4.69, 9.17) is 5.11 Å². The second kappa shape index (κ2) is 89.2. The van der Waals surface area contributed by atoms with Crippen molar-refractivity contribution in [1.29, 1.82) is 0 Å². The monoisotopic (exact) mass is 448 g/mol. The lowest BCUT2D eigenvalue weighted by Gasteiger charge is -2.02. The highest BCUT2D eigenvalue weighted by molar-refractivity contribution is 4.36. The Morgan fingerprint density at radius 2 is 0.700 bits per heavy atom. The summed E-state index contributed by atoms with van der Waals surface area (Å²) in [5, 5.41) is 7.00. The summed E-state index contributed by atoms with van der Waals surface area (Å²) in [6.07, 6.45) is 2.50. The maximum absolute atomic E-state index is 9.50. The molecule has 0 aromatic rings. The summed E-state index contributed by atoms with van der Waals surface area (Å²) in [5.74, 6) is 2.50. The van der Waals surface area contributed by atoms with Gasteiger partial charge in [0, 0.05) is 14.2 Å². The fourth-order valence-corrected chi connectivity index (χ4v) is 0. The molecule has 0 aliphatic heterocycles. The van der Waals surface area contributed by atoms with E-state index in [-0.39, 0.29) is 0 Å². The number of aliphatic hydroxyl groups is 1. The molecule has 5 heteroatoms. The Labute approximate surface area is 195 Å². The number of hydroxylamine groups is 1. The van der Waals surface area contributed by atoms with Crippen LogP contribution in [0.4, 0.5) is 4.39 Å². The van der Waals surface area contributed by atoms with Crippen LogP contribution in [0.25, 0.3) is 5.48 Å². The van der Waals surface area contributed by atoms with Gasteiger partial charge in [-0.25, -0.2) is 0 Å². The molecule has 0 saturated carbocycles. The van der Waals surface area contributed by atoms with Crippen molar-refractivity contribution >= 4 is 0 Å². The van der Waals surface area contributed by atoms with Gasteiger partial charge in [-0.05, 0) is 38.9 Å². The van der Waals surface area contributed by atoms with Gasteiger partial charge in [0.1, 0.15) is 0 Å². The molecular weight excluding hydrogens is 379 g/mol. The lowest BCUT2D eigenvalue weighted by atomic mass is 10.3. The van der Waals surface area contributed by atoms with Crippen molar-refractivity contribution in [2.75, 3.05) is 49.6 Å². The van der Waals surface area contributed by atoms with Gasteiger partial charge in [0.15, 0.2) is 0 Å². The van der Waals surface area contributed by atoms with Crippen molar-refractivity contribution in [1.82, 2.24) is 4.90 Å². The number of hydrogen-bond acceptors (Lipinski definition) is 3. The quantitative estimate of drug-likeness (QED) is 0.409. The van der Waals surface area contributed by atoms with Gasteiger partial charge in [0.2, 0.25) is 0 Å². The summed E-state index contributed by atoms with van der Waals surface area (Å²) < 4.78 is 9.50. The molecule has 0 aromatic carbocycles. The molecule has 0 aliphatic rings. The minimum Gasteiger partial charge on any atom is -0.537 e. The average molecular weight is 448 g/mol. The van der Waals surface area contributed by atoms with E-state index in [1.54, 1.807) is 7.05 Å². The van der Waals surface area contributed by atoms with Gasteiger partial charge in [-0.1, -0.05) is 103 Å². The van der Waals surface area contributed by atoms with Crippen LogP contribution < -0.4 is 0 Å². The van der Waals surface area contributed by atoms with Crippen molar-refractivity contribution in [3.8, 4) is 0 Å². The van der Waals surface area contributed by atoms with E-state index in [0.29, 0.717) is 7.18 Å². The largest absolute Gasteiger partial charge is 0.537 e. The Hall–Kier alpha value is -0.230. The highest BCUT2D eigenvalue weighted by Gasteiger charge is 1.68. The molecule has 0 saturated heterocycles. The van der Waals surface area contributed by atoms with E-state index in [1.165, 1.54) is 20.0 Å². The predicted molar refractivity (Wildman–Crippen MR) is 145 cm³/mol. The van der Waals surface area contributed by atoms with Crippen LogP contribution in [0.15, 0.2) is 0 Å². The van der Waals surface area contributed by atoms with Crippen molar-refractivity contribution in [3.63, 3.8) is 0 Å². The minimum absolute atomic E-state index is 0.500. The maximum atomic E-state index is 9.50. The topological polar surface area (TPSA) is 46.8 Å². The van der Waals surface area contributed by atoms with Crippen LogP contribution in [0, 0.1) is 17.8 Å². The predicted octanol–water partition coefficient (Wildman–Crippen LogP) is 8.74. The normalized spacial score (nSPS) is 7.40. The zero-order chi connectivity index (χ0) is 27.1. The smallest absolute Gasteiger partial charge is 0.0785 e. The number of hydrogen-bond donors (Lipinski definition) is 1. The molecule has 1 N–H and O–H groups in total. The summed E-state index contributed by atoms with van der Waals surface area (Å²) in [5.41, 5.74) is 3.24. The third-order valence-corrected chi connectivity index (χ3v) is 0.183. The van der Waals surface area contributed by atoms with Gasteiger partial charge in [0.05, 0.1) is 7.18 Å². The SMILES string of the molecule is CC(C)C.CC(C)C.CC(C)C.CCC.CCC.CF.CN(C)C.CO.C[N-]OC. The number of halogens is 1. The highest BCUT2D eigenvalue weighted by atomic mass is 19.1. The number of aliphatic hydroxyl groups excluding tert-OH is 1. The Morgan fingerprint density at radius 3 is 0.700 bits per heavy atom. The molecule has 0 rings (SSSR count). The molecule has 30 heavy (non-hydrogen) atoms. The molecule has 198 valence electrons. The molecule has 0 unspecified atom stereocenters. The standard InChI is InChI=1S/3C4H10.C3H9N.2C3H8.C2H6NO.CH3F.CH4O/c4*1-4(2)3;2*1-3-2;1-3-4-2;2*1-2/h3*4H,1-3H3;1-3H3;2*3H2,1-2H3;1-2H3;1H3;2H,1H3/q;;;;;;-1;;. The van der Waals surface area contributed by atoms with Crippen molar-refractivity contribution in [3.05, 3.63) is 5.48 Å². The van der Waals surface area contributed by atoms with E-state index in [9.17, 15) is 4.39 Å². The van der Waals surface area contributed by atoms with Crippen LogP contribution in [0.3, 0.4) is 0 Å². The van der Waals surface area contributed by atoms with Crippen molar-refractivity contribution in [2.45, 2.75) is 103 Å². The molecule has 0 fully saturated rings. The van der Waals surface area contributed by atoms with E-state index in [2.05, 4.69) is 100 Å². The average Bonchev–Trinajstić information content (AvgIpc) is 2.57. The summed E-state index contributed by atoms with van der Waals surface area (Å²) in [4.78, 5) is 6.17. The summed E-state index contributed by atoms with van der Waals surface area (Å²) in [6.45, 7) is 28.0. The van der Waals surface area contributed by atoms with Crippen molar-refractivity contribution < 1.29 is 14.3 Å². The summed E-state index contributed by atoms with van der Waals surface area (Å²) >= 11 is 0. The Kier molecular flexibility index (Phi) is 170. The molecule has 0 heterocycles. The fraction of sp³-hybridized carbons (Fsp3) is 1.00. The highest BCUT2D eigenvalue weighted by Crippen LogP contribution is 1.81. The second-order valence-corrected chi connectivity index (χ2v) is 8.32. The molecule has 0 spiro atoms. The molecule has 0 amide bonds. The first-order valence-electron chi connectivity index (χ1n) is 11.2. The van der Waals surface area contributed by atoms with E-state index in [0.717, 1.165) is 24.9 Å².